The summed E-state index contributed by atoms with van der Waals surface area (Å²) in [5.74, 6) is 0.0687. The van der Waals surface area contributed by atoms with Crippen LogP contribution in [0.25, 0.3) is 10.2 Å². The Morgan fingerprint density at radius 1 is 1.46 bits per heavy atom. The lowest BCUT2D eigenvalue weighted by Gasteiger charge is -2.37. The quantitative estimate of drug-likeness (QED) is 0.652. The van der Waals surface area contributed by atoms with Gasteiger partial charge in [0.05, 0.1) is 28.6 Å². The molecule has 1 aliphatic rings. The number of hydrogen-bond donors (Lipinski definition) is 3. The van der Waals surface area contributed by atoms with Crippen LogP contribution >= 0.6 is 11.3 Å². The number of aryl methyl sites for hydroxylation is 2. The molecule has 7 nitrogen and oxygen atoms in total. The fraction of sp³-hybridized carbons (Fsp3) is 0.389. The number of thiazole rings is 1. The fourth-order valence-corrected chi connectivity index (χ4v) is 4.40. The molecule has 26 heavy (non-hydrogen) atoms. The average molecular weight is 371 g/mol. The molecule has 1 unspecified atom stereocenters. The number of hydrogen-bond acceptors (Lipinski definition) is 6. The number of nitrogens with one attached hydrogen (secondary N) is 1. The number of anilines is 1. The van der Waals surface area contributed by atoms with Gasteiger partial charge in [0.15, 0.2) is 5.13 Å². The number of fused-ring (bicyclic) bond motifs is 1. The zero-order valence-electron chi connectivity index (χ0n) is 14.6. The van der Waals surface area contributed by atoms with Gasteiger partial charge in [-0.15, -0.1) is 0 Å². The van der Waals surface area contributed by atoms with Crippen molar-refractivity contribution < 1.29 is 9.90 Å². The number of carbonyl (C=O) groups excluding carboxylic acids is 1. The van der Waals surface area contributed by atoms with Crippen molar-refractivity contribution in [1.29, 1.82) is 0 Å². The van der Waals surface area contributed by atoms with Crippen molar-refractivity contribution in [3.05, 3.63) is 41.2 Å². The molecule has 8 heteroatoms. The van der Waals surface area contributed by atoms with Crippen LogP contribution in [0, 0.1) is 12.8 Å². The summed E-state index contributed by atoms with van der Waals surface area (Å²) in [5.41, 5.74) is 9.11. The van der Waals surface area contributed by atoms with E-state index in [1.807, 2.05) is 32.3 Å². The van der Waals surface area contributed by atoms with Gasteiger partial charge in [0, 0.05) is 24.4 Å². The first kappa shape index (κ1) is 17.0. The lowest BCUT2D eigenvalue weighted by Crippen LogP contribution is -2.41. The Labute approximate surface area is 154 Å². The molecule has 2 heterocycles. The van der Waals surface area contributed by atoms with Crippen molar-refractivity contribution in [2.75, 3.05) is 5.73 Å². The third-order valence-corrected chi connectivity index (χ3v) is 5.79. The second kappa shape index (κ2) is 6.37. The van der Waals surface area contributed by atoms with Crippen molar-refractivity contribution in [3.8, 4) is 0 Å². The van der Waals surface area contributed by atoms with E-state index in [9.17, 15) is 9.90 Å². The predicted molar refractivity (Wildman–Crippen MR) is 101 cm³/mol. The van der Waals surface area contributed by atoms with Crippen LogP contribution in [0.3, 0.4) is 0 Å². The molecule has 0 aliphatic heterocycles. The van der Waals surface area contributed by atoms with Gasteiger partial charge < -0.3 is 16.2 Å². The van der Waals surface area contributed by atoms with E-state index >= 15 is 0 Å². The van der Waals surface area contributed by atoms with Gasteiger partial charge in [0.2, 0.25) is 0 Å². The van der Waals surface area contributed by atoms with Gasteiger partial charge in [-0.1, -0.05) is 11.3 Å². The van der Waals surface area contributed by atoms with Crippen molar-refractivity contribution in [2.45, 2.75) is 31.9 Å². The molecule has 1 fully saturated rings. The SMILES string of the molecule is Cc1cc(C(=O)NC(c2cnn(C)c2)C2CC(O)C2)cc2sc(N)nc12. The molecule has 4 N–H and O–H groups in total. The van der Waals surface area contributed by atoms with Crippen LogP contribution < -0.4 is 11.1 Å². The molecule has 1 aliphatic carbocycles. The number of rotatable bonds is 4. The van der Waals surface area contributed by atoms with Gasteiger partial charge in [-0.2, -0.15) is 5.10 Å². The summed E-state index contributed by atoms with van der Waals surface area (Å²) < 4.78 is 2.63. The predicted octanol–water partition coefficient (Wildman–Crippen LogP) is 2.16. The van der Waals surface area contributed by atoms with E-state index < -0.39 is 0 Å². The van der Waals surface area contributed by atoms with Crippen LogP contribution in [-0.4, -0.2) is 31.9 Å². The zero-order valence-corrected chi connectivity index (χ0v) is 15.5. The Hall–Kier alpha value is -2.45. The number of amides is 1. The molecule has 0 saturated heterocycles. The summed E-state index contributed by atoms with van der Waals surface area (Å²) in [6.45, 7) is 1.93. The van der Waals surface area contributed by atoms with Crippen molar-refractivity contribution >= 4 is 32.6 Å². The summed E-state index contributed by atoms with van der Waals surface area (Å²) in [7, 11) is 1.85. The molecule has 0 radical (unpaired) electrons. The largest absolute Gasteiger partial charge is 0.393 e. The van der Waals surface area contributed by atoms with Gasteiger partial charge in [0.25, 0.3) is 5.91 Å². The second-order valence-electron chi connectivity index (χ2n) is 6.98. The van der Waals surface area contributed by atoms with Gasteiger partial charge in [-0.25, -0.2) is 4.98 Å². The van der Waals surface area contributed by atoms with Crippen LogP contribution in [-0.2, 0) is 7.05 Å². The average Bonchev–Trinajstić information content (AvgIpc) is 3.15. The highest BCUT2D eigenvalue weighted by molar-refractivity contribution is 7.22. The summed E-state index contributed by atoms with van der Waals surface area (Å²) in [6, 6.07) is 3.51. The summed E-state index contributed by atoms with van der Waals surface area (Å²) in [5, 5.41) is 17.5. The van der Waals surface area contributed by atoms with Crippen LogP contribution in [0.2, 0.25) is 0 Å². The number of nitrogen functional groups attached to an aromatic ring is 1. The minimum Gasteiger partial charge on any atom is -0.393 e. The monoisotopic (exact) mass is 371 g/mol. The third-order valence-electron chi connectivity index (χ3n) is 4.96. The first-order valence-electron chi connectivity index (χ1n) is 8.55. The van der Waals surface area contributed by atoms with Crippen LogP contribution in [0.5, 0.6) is 0 Å². The minimum absolute atomic E-state index is 0.141. The number of carbonyl (C=O) groups is 1. The Kier molecular flexibility index (Phi) is 4.16. The van der Waals surface area contributed by atoms with E-state index in [-0.39, 0.29) is 24.0 Å². The molecule has 1 atom stereocenters. The molecule has 136 valence electrons. The van der Waals surface area contributed by atoms with E-state index in [1.54, 1.807) is 10.9 Å². The normalized spacial score (nSPS) is 20.7. The Morgan fingerprint density at radius 2 is 2.23 bits per heavy atom. The standard InChI is InChI=1S/C18H21N5O2S/c1-9-3-11(6-14-15(9)22-18(19)26-14)17(25)21-16(10-4-13(24)5-10)12-7-20-23(2)8-12/h3,6-8,10,13,16,24H,4-5H2,1-2H3,(H2,19,22)(H,21,25). The number of nitrogens with zero attached hydrogens (tertiary/aromatic N) is 3. The molecule has 3 aromatic rings. The molecule has 1 aromatic carbocycles. The number of aliphatic hydroxyl groups excluding tert-OH is 1. The van der Waals surface area contributed by atoms with Gasteiger partial charge >= 0.3 is 0 Å². The van der Waals surface area contributed by atoms with Crippen molar-refractivity contribution in [2.24, 2.45) is 13.0 Å². The van der Waals surface area contributed by atoms with Gasteiger partial charge in [-0.05, 0) is 43.4 Å². The maximum Gasteiger partial charge on any atom is 0.251 e. The van der Waals surface area contributed by atoms with Crippen LogP contribution in [0.15, 0.2) is 24.5 Å². The maximum atomic E-state index is 12.9. The molecule has 0 spiro atoms. The Morgan fingerprint density at radius 3 is 2.88 bits per heavy atom. The first-order valence-corrected chi connectivity index (χ1v) is 9.36. The van der Waals surface area contributed by atoms with E-state index in [0.29, 0.717) is 23.5 Å². The molecule has 2 aromatic heterocycles. The molecule has 1 saturated carbocycles. The lowest BCUT2D eigenvalue weighted by atomic mass is 9.75. The van der Waals surface area contributed by atoms with E-state index in [0.717, 1.165) is 21.3 Å². The summed E-state index contributed by atoms with van der Waals surface area (Å²) in [6.07, 6.45) is 4.77. The Balaban J connectivity index is 1.62. The fourth-order valence-electron chi connectivity index (χ4n) is 3.55. The Bertz CT molecular complexity index is 973. The van der Waals surface area contributed by atoms with Crippen molar-refractivity contribution in [1.82, 2.24) is 20.1 Å². The van der Waals surface area contributed by atoms with E-state index in [4.69, 9.17) is 5.73 Å². The molecular weight excluding hydrogens is 350 g/mol. The smallest absolute Gasteiger partial charge is 0.251 e. The van der Waals surface area contributed by atoms with Crippen LogP contribution in [0.1, 0.15) is 40.4 Å². The van der Waals surface area contributed by atoms with E-state index in [1.165, 1.54) is 11.3 Å². The highest BCUT2D eigenvalue weighted by Gasteiger charge is 2.36. The molecule has 1 amide bonds. The highest BCUT2D eigenvalue weighted by Crippen LogP contribution is 2.38. The molecular formula is C18H21N5O2S. The lowest BCUT2D eigenvalue weighted by molar-refractivity contribution is 0.0235. The summed E-state index contributed by atoms with van der Waals surface area (Å²) in [4.78, 5) is 17.2. The van der Waals surface area contributed by atoms with Gasteiger partial charge in [-0.3, -0.25) is 9.48 Å². The number of benzene rings is 1. The number of nitrogens with two attached hydrogens (primary N) is 1. The molecule has 0 bridgehead atoms. The van der Waals surface area contributed by atoms with Crippen LogP contribution in [0.4, 0.5) is 5.13 Å². The zero-order chi connectivity index (χ0) is 18.4. The van der Waals surface area contributed by atoms with Crippen molar-refractivity contribution in [3.63, 3.8) is 0 Å². The second-order valence-corrected chi connectivity index (χ2v) is 8.04. The van der Waals surface area contributed by atoms with E-state index in [2.05, 4.69) is 15.4 Å². The maximum absolute atomic E-state index is 12.9. The topological polar surface area (TPSA) is 106 Å². The number of aromatic nitrogens is 3. The first-order chi connectivity index (χ1) is 12.4. The highest BCUT2D eigenvalue weighted by atomic mass is 32.1. The third kappa shape index (κ3) is 3.06. The summed E-state index contributed by atoms with van der Waals surface area (Å²) >= 11 is 1.38. The minimum atomic E-state index is -0.283. The molecule has 4 rings (SSSR count). The van der Waals surface area contributed by atoms with Gasteiger partial charge in [0.1, 0.15) is 0 Å². The number of aliphatic hydroxyl groups is 1.